The Kier molecular flexibility index (Phi) is 2.44. The third kappa shape index (κ3) is 1.78. The van der Waals surface area contributed by atoms with Crippen LogP contribution in [0.5, 0.6) is 0 Å². The molecule has 0 aromatic heterocycles. The van der Waals surface area contributed by atoms with Gasteiger partial charge in [-0.3, -0.25) is 10.1 Å². The van der Waals surface area contributed by atoms with Crippen molar-refractivity contribution in [3.63, 3.8) is 0 Å². The first-order valence-electron chi connectivity index (χ1n) is 5.92. The van der Waals surface area contributed by atoms with Crippen molar-refractivity contribution in [3.8, 4) is 0 Å². The predicted octanol–water partition coefficient (Wildman–Crippen LogP) is 1.05. The molecule has 84 valence electrons. The molecule has 2 heterocycles. The molecule has 0 aromatic rings. The van der Waals surface area contributed by atoms with Crippen molar-refractivity contribution in [1.29, 1.82) is 0 Å². The molecule has 15 heavy (non-hydrogen) atoms. The number of nitrogens with zero attached hydrogens (tertiary/aromatic N) is 1. The Morgan fingerprint density at radius 1 is 1.40 bits per heavy atom. The molecular weight excluding hydrogens is 208 g/mol. The molecule has 3 nitrogen and oxygen atoms in total. The third-order valence-electron chi connectivity index (χ3n) is 3.87. The highest BCUT2D eigenvalue weighted by atomic mass is 32.2. The van der Waals surface area contributed by atoms with Crippen molar-refractivity contribution in [2.45, 2.75) is 31.2 Å². The van der Waals surface area contributed by atoms with E-state index in [2.05, 4.69) is 17.1 Å². The summed E-state index contributed by atoms with van der Waals surface area (Å²) < 4.78 is 0. The van der Waals surface area contributed by atoms with Crippen molar-refractivity contribution in [2.24, 2.45) is 5.92 Å². The molecule has 1 N–H and O–H groups in total. The molecule has 0 bridgehead atoms. The van der Waals surface area contributed by atoms with Gasteiger partial charge in [0.05, 0.1) is 12.2 Å². The van der Waals surface area contributed by atoms with E-state index >= 15 is 0 Å². The Morgan fingerprint density at radius 2 is 2.13 bits per heavy atom. The van der Waals surface area contributed by atoms with Crippen molar-refractivity contribution in [2.75, 3.05) is 24.7 Å². The molecule has 3 aliphatic rings. The maximum absolute atomic E-state index is 12.0. The molecule has 3 rings (SSSR count). The monoisotopic (exact) mass is 226 g/mol. The summed E-state index contributed by atoms with van der Waals surface area (Å²) in [5.74, 6) is 3.70. The topological polar surface area (TPSA) is 32.3 Å². The minimum atomic E-state index is -0.0938. The van der Waals surface area contributed by atoms with Gasteiger partial charge >= 0.3 is 0 Å². The van der Waals surface area contributed by atoms with E-state index in [0.717, 1.165) is 32.0 Å². The molecule has 0 unspecified atom stereocenters. The minimum Gasteiger partial charge on any atom is -0.328 e. The lowest BCUT2D eigenvalue weighted by Gasteiger charge is -2.26. The van der Waals surface area contributed by atoms with Gasteiger partial charge in [0.2, 0.25) is 5.91 Å². The van der Waals surface area contributed by atoms with Crippen LogP contribution in [0.3, 0.4) is 0 Å². The average molecular weight is 226 g/mol. The van der Waals surface area contributed by atoms with Crippen LogP contribution in [0.25, 0.3) is 0 Å². The molecule has 3 fully saturated rings. The smallest absolute Gasteiger partial charge is 0.243 e. The summed E-state index contributed by atoms with van der Waals surface area (Å²) in [7, 11) is 0. The highest BCUT2D eigenvalue weighted by molar-refractivity contribution is 7.99. The molecule has 1 amide bonds. The molecule has 1 spiro atoms. The van der Waals surface area contributed by atoms with Crippen molar-refractivity contribution in [3.05, 3.63) is 0 Å². The normalized spacial score (nSPS) is 30.1. The largest absolute Gasteiger partial charge is 0.328 e. The van der Waals surface area contributed by atoms with Crippen molar-refractivity contribution >= 4 is 17.7 Å². The maximum atomic E-state index is 12.0. The first-order valence-corrected chi connectivity index (χ1v) is 7.08. The molecule has 2 aliphatic heterocycles. The van der Waals surface area contributed by atoms with Crippen LogP contribution in [0, 0.1) is 5.92 Å². The SMILES string of the molecule is O=C1N(CC2CCSCC2)CNC12CC2. The van der Waals surface area contributed by atoms with E-state index in [1.807, 2.05) is 4.90 Å². The number of nitrogens with one attached hydrogen (secondary N) is 1. The van der Waals surface area contributed by atoms with Crippen LogP contribution in [-0.4, -0.2) is 41.1 Å². The fraction of sp³-hybridized carbons (Fsp3) is 0.909. The van der Waals surface area contributed by atoms with Gasteiger partial charge in [-0.1, -0.05) is 0 Å². The van der Waals surface area contributed by atoms with E-state index in [-0.39, 0.29) is 5.54 Å². The molecule has 2 saturated heterocycles. The van der Waals surface area contributed by atoms with Crippen LogP contribution in [0.4, 0.5) is 0 Å². The zero-order valence-corrected chi connectivity index (χ0v) is 9.81. The Hall–Kier alpha value is -0.220. The standard InChI is InChI=1S/C11H18N2OS/c14-10-11(3-4-11)12-8-13(10)7-9-1-5-15-6-2-9/h9,12H,1-8H2. The Bertz CT molecular complexity index is 272. The summed E-state index contributed by atoms with van der Waals surface area (Å²) >= 11 is 2.05. The van der Waals surface area contributed by atoms with Crippen LogP contribution in [0.2, 0.25) is 0 Å². The van der Waals surface area contributed by atoms with Gasteiger partial charge in [-0.25, -0.2) is 0 Å². The van der Waals surface area contributed by atoms with E-state index in [1.54, 1.807) is 0 Å². The number of carbonyl (C=O) groups excluding carboxylic acids is 1. The van der Waals surface area contributed by atoms with E-state index in [4.69, 9.17) is 0 Å². The third-order valence-corrected chi connectivity index (χ3v) is 4.92. The van der Waals surface area contributed by atoms with Crippen molar-refractivity contribution in [1.82, 2.24) is 10.2 Å². The summed E-state index contributed by atoms with van der Waals surface area (Å²) in [6, 6.07) is 0. The Balaban J connectivity index is 1.57. The summed E-state index contributed by atoms with van der Waals surface area (Å²) in [4.78, 5) is 14.1. The number of carbonyl (C=O) groups is 1. The van der Waals surface area contributed by atoms with Crippen LogP contribution in [-0.2, 0) is 4.79 Å². The quantitative estimate of drug-likeness (QED) is 0.764. The van der Waals surface area contributed by atoms with Crippen LogP contribution >= 0.6 is 11.8 Å². The predicted molar refractivity (Wildman–Crippen MR) is 61.7 cm³/mol. The van der Waals surface area contributed by atoms with Gasteiger partial charge in [0.15, 0.2) is 0 Å². The lowest BCUT2D eigenvalue weighted by atomic mass is 10.0. The minimum absolute atomic E-state index is 0.0938. The average Bonchev–Trinajstić information content (AvgIpc) is 3.00. The van der Waals surface area contributed by atoms with Gasteiger partial charge in [0, 0.05) is 6.54 Å². The van der Waals surface area contributed by atoms with E-state index < -0.39 is 0 Å². The number of hydrogen-bond acceptors (Lipinski definition) is 3. The Morgan fingerprint density at radius 3 is 2.73 bits per heavy atom. The molecule has 0 aromatic carbocycles. The lowest BCUT2D eigenvalue weighted by molar-refractivity contribution is -0.130. The molecule has 0 atom stereocenters. The summed E-state index contributed by atoms with van der Waals surface area (Å²) in [5.41, 5.74) is -0.0938. The second-order valence-corrected chi connectivity index (χ2v) is 6.23. The molecule has 4 heteroatoms. The van der Waals surface area contributed by atoms with Gasteiger partial charge < -0.3 is 4.90 Å². The van der Waals surface area contributed by atoms with Crippen LogP contribution in [0.15, 0.2) is 0 Å². The fourth-order valence-corrected chi connectivity index (χ4v) is 3.80. The van der Waals surface area contributed by atoms with Gasteiger partial charge in [0.25, 0.3) is 0 Å². The molecular formula is C11H18N2OS. The first-order chi connectivity index (χ1) is 7.30. The summed E-state index contributed by atoms with van der Waals surface area (Å²) in [6.45, 7) is 1.79. The first kappa shape index (κ1) is 9.97. The van der Waals surface area contributed by atoms with Crippen LogP contribution in [0.1, 0.15) is 25.7 Å². The summed E-state index contributed by atoms with van der Waals surface area (Å²) in [5, 5.41) is 3.37. The second kappa shape index (κ2) is 3.67. The number of hydrogen-bond donors (Lipinski definition) is 1. The lowest BCUT2D eigenvalue weighted by Crippen LogP contribution is -2.35. The van der Waals surface area contributed by atoms with E-state index in [0.29, 0.717) is 5.91 Å². The van der Waals surface area contributed by atoms with Crippen LogP contribution < -0.4 is 5.32 Å². The maximum Gasteiger partial charge on any atom is 0.243 e. The van der Waals surface area contributed by atoms with E-state index in [9.17, 15) is 4.79 Å². The Labute approximate surface area is 95.0 Å². The van der Waals surface area contributed by atoms with Crippen molar-refractivity contribution < 1.29 is 4.79 Å². The summed E-state index contributed by atoms with van der Waals surface area (Å²) in [6.07, 6.45) is 4.70. The van der Waals surface area contributed by atoms with E-state index in [1.165, 1.54) is 24.3 Å². The second-order valence-electron chi connectivity index (χ2n) is 5.00. The molecule has 1 saturated carbocycles. The number of rotatable bonds is 2. The highest BCUT2D eigenvalue weighted by Crippen LogP contribution is 2.40. The fourth-order valence-electron chi connectivity index (χ4n) is 2.60. The van der Waals surface area contributed by atoms with Gasteiger partial charge in [0.1, 0.15) is 0 Å². The molecule has 1 aliphatic carbocycles. The van der Waals surface area contributed by atoms with Gasteiger partial charge in [-0.05, 0) is 43.1 Å². The molecule has 0 radical (unpaired) electrons. The zero-order chi connectivity index (χ0) is 10.3. The number of amides is 1. The zero-order valence-electron chi connectivity index (χ0n) is 9.00. The number of thioether (sulfide) groups is 1. The van der Waals surface area contributed by atoms with Gasteiger partial charge in [-0.2, -0.15) is 11.8 Å². The van der Waals surface area contributed by atoms with Gasteiger partial charge in [-0.15, -0.1) is 0 Å². The highest BCUT2D eigenvalue weighted by Gasteiger charge is 2.55.